The highest BCUT2D eigenvalue weighted by molar-refractivity contribution is 6.09. The maximum atomic E-state index is 12.0. The number of aromatic nitrogens is 1. The molecule has 11 aromatic carbocycles. The van der Waals surface area contributed by atoms with E-state index in [9.17, 15) is 14.4 Å². The quantitative estimate of drug-likeness (QED) is 0.0277. The Morgan fingerprint density at radius 1 is 0.447 bits per heavy atom. The maximum absolute atomic E-state index is 12.0. The molecule has 94 heavy (non-hydrogen) atoms. The Hall–Kier alpha value is -13.1. The van der Waals surface area contributed by atoms with Crippen molar-refractivity contribution in [3.63, 3.8) is 0 Å². The van der Waals surface area contributed by atoms with Crippen molar-refractivity contribution in [1.29, 1.82) is 5.26 Å². The van der Waals surface area contributed by atoms with E-state index in [1.807, 2.05) is 170 Å². The van der Waals surface area contributed by atoms with Crippen LogP contribution in [-0.2, 0) is 11.3 Å². The van der Waals surface area contributed by atoms with Crippen molar-refractivity contribution in [3.8, 4) is 79.7 Å². The molecule has 1 heterocycles. The number of rotatable bonds is 11. The van der Waals surface area contributed by atoms with Gasteiger partial charge in [-0.3, -0.25) is 24.6 Å². The first-order valence-corrected chi connectivity index (χ1v) is 29.0. The third kappa shape index (κ3) is 25.2. The number of hydrogen-bond acceptors (Lipinski definition) is 12. The van der Waals surface area contributed by atoms with E-state index in [4.69, 9.17) is 46.9 Å². The predicted molar refractivity (Wildman–Crippen MR) is 367 cm³/mol. The number of nitriles is 1. The van der Waals surface area contributed by atoms with Crippen LogP contribution in [-0.4, -0.2) is 55.3 Å². The number of nitrogens with zero attached hydrogens (tertiary/aromatic N) is 3. The van der Waals surface area contributed by atoms with Gasteiger partial charge in [-0.15, -0.1) is 0 Å². The van der Waals surface area contributed by atoms with Crippen LogP contribution in [0.25, 0.3) is 38.2 Å². The lowest BCUT2D eigenvalue weighted by Gasteiger charge is -2.06. The summed E-state index contributed by atoms with van der Waals surface area (Å²) in [7, 11) is 1.60. The van der Waals surface area contributed by atoms with Gasteiger partial charge in [-0.1, -0.05) is 182 Å². The Morgan fingerprint density at radius 2 is 0.798 bits per heavy atom. The number of ether oxygens (including phenoxy) is 2. The summed E-state index contributed by atoms with van der Waals surface area (Å²) >= 11 is 0. The van der Waals surface area contributed by atoms with Crippen LogP contribution >= 0.6 is 0 Å². The summed E-state index contributed by atoms with van der Waals surface area (Å²) in [5.74, 6) is 2.73. The molecule has 15 nitrogen and oxygen atoms in total. The third-order valence-electron chi connectivity index (χ3n) is 13.0. The van der Waals surface area contributed by atoms with Gasteiger partial charge in [-0.05, 0) is 160 Å². The van der Waals surface area contributed by atoms with E-state index in [2.05, 4.69) is 33.3 Å². The molecule has 468 valence electrons. The number of para-hydroxylation sites is 1. The summed E-state index contributed by atoms with van der Waals surface area (Å²) < 4.78 is 10.6. The average molecular weight is 1250 g/mol. The van der Waals surface area contributed by atoms with Gasteiger partial charge < -0.3 is 35.2 Å². The zero-order valence-electron chi connectivity index (χ0n) is 51.3. The van der Waals surface area contributed by atoms with Gasteiger partial charge in [0, 0.05) is 42.6 Å². The number of benzene rings is 11. The van der Waals surface area contributed by atoms with Crippen LogP contribution in [0.4, 0.5) is 5.69 Å². The number of carbonyl (C=O) groups is 3. The second kappa shape index (κ2) is 39.0. The Bertz CT molecular complexity index is 4160. The van der Waals surface area contributed by atoms with E-state index < -0.39 is 5.91 Å². The first-order valence-electron chi connectivity index (χ1n) is 29.0. The van der Waals surface area contributed by atoms with Crippen LogP contribution in [0.3, 0.4) is 0 Å². The number of ketones is 1. The van der Waals surface area contributed by atoms with Crippen molar-refractivity contribution in [2.45, 2.75) is 13.5 Å². The molecule has 7 N–H and O–H groups in total. The van der Waals surface area contributed by atoms with E-state index in [0.717, 1.165) is 39.3 Å². The normalized spacial score (nSPS) is 9.54. The van der Waals surface area contributed by atoms with Crippen LogP contribution in [0, 0.1) is 17.9 Å². The van der Waals surface area contributed by atoms with Gasteiger partial charge in [0.2, 0.25) is 5.91 Å². The first-order chi connectivity index (χ1) is 45.7. The average Bonchev–Trinajstić information content (AvgIpc) is 1.27. The smallest absolute Gasteiger partial charge is 0.251 e. The fraction of sp³-hybridized carbons (Fsp3) is 0.0380. The number of aromatic hydroxyl groups is 4. The molecule has 0 aliphatic heterocycles. The van der Waals surface area contributed by atoms with Crippen molar-refractivity contribution in [2.24, 2.45) is 0 Å². The van der Waals surface area contributed by atoms with Crippen molar-refractivity contribution in [2.75, 3.05) is 7.11 Å². The molecular formula is C79H67N5O10. The van der Waals surface area contributed by atoms with Gasteiger partial charge in [0.15, 0.2) is 11.5 Å². The molecule has 0 fully saturated rings. The number of methoxy groups -OCH3 is 1. The molecule has 0 unspecified atom stereocenters. The van der Waals surface area contributed by atoms with E-state index in [0.29, 0.717) is 40.2 Å². The van der Waals surface area contributed by atoms with Gasteiger partial charge in [0.1, 0.15) is 40.2 Å². The highest BCUT2D eigenvalue weighted by Crippen LogP contribution is 2.26. The van der Waals surface area contributed by atoms with Crippen LogP contribution in [0.2, 0.25) is 0 Å². The summed E-state index contributed by atoms with van der Waals surface area (Å²) in [6.45, 7) is 8.58. The fourth-order valence-electron chi connectivity index (χ4n) is 8.08. The number of phenols is 4. The third-order valence-corrected chi connectivity index (χ3v) is 13.0. The van der Waals surface area contributed by atoms with Crippen LogP contribution in [0.1, 0.15) is 44.3 Å². The molecule has 0 aliphatic carbocycles. The minimum atomic E-state index is -0.440. The van der Waals surface area contributed by atoms with Gasteiger partial charge in [0.25, 0.3) is 5.91 Å². The molecule has 12 aromatic rings. The Morgan fingerprint density at radius 3 is 1.22 bits per heavy atom. The largest absolute Gasteiger partial charge is 0.508 e. The van der Waals surface area contributed by atoms with Crippen LogP contribution in [0.15, 0.2) is 316 Å². The van der Waals surface area contributed by atoms with Gasteiger partial charge in [-0.2, -0.15) is 5.26 Å². The zero-order chi connectivity index (χ0) is 67.1. The highest BCUT2D eigenvalue weighted by atomic mass is 16.5. The number of hydroxylamine groups is 1. The molecule has 2 amide bonds. The summed E-state index contributed by atoms with van der Waals surface area (Å²) in [4.78, 5) is 40.5. The number of carbonyl (C=O) groups excluding carboxylic acids is 3. The molecule has 15 heteroatoms. The Kier molecular flexibility index (Phi) is 29.1. The van der Waals surface area contributed by atoms with Gasteiger partial charge in [0.05, 0.1) is 25.3 Å². The topological polar surface area (TPSA) is 236 Å². The standard InChI is InChI=1S/C15H15NO2.C14H9NO.C13H9NO.2C12H10O2.C11H9N.C2H5NO2/c1-18-14-9-7-13(8-10-14)15(17)16-11-12-5-3-2-4-6-12;1-15-13-9-7-12(8-10-13)14(16)11-5-3-2-4-6-11;14-9-10-1-3-11(4-2-10)12-5-7-13(15)8-6-12;13-11-5-1-9(2-6-11)10-3-7-12(14)8-4-10;13-10-6-8-12(9-7-10)14-11-4-2-1-3-5-11;1-2-4-10(5-3-1)11-6-8-12-9-7-11;1-2(4)3-5/h2-10H,11H2,1H3,(H,16,17);2-10H;1-8,15H;1-8,13-14H;1-9,13H;1-9H;5H,1H3,(H,3,4). The Labute approximate surface area is 546 Å². The number of amides is 2. The molecule has 0 saturated heterocycles. The highest BCUT2D eigenvalue weighted by Gasteiger charge is 2.09. The second-order valence-corrected chi connectivity index (χ2v) is 19.8. The van der Waals surface area contributed by atoms with Crippen molar-refractivity contribution >= 4 is 23.3 Å². The molecule has 0 spiro atoms. The number of pyridine rings is 1. The second-order valence-electron chi connectivity index (χ2n) is 19.8. The minimum absolute atomic E-state index is 0.0165. The number of hydrogen-bond donors (Lipinski definition) is 7. The molecule has 0 atom stereocenters. The number of nitrogens with one attached hydrogen (secondary N) is 2. The van der Waals surface area contributed by atoms with Crippen LogP contribution < -0.4 is 20.3 Å². The van der Waals surface area contributed by atoms with Gasteiger partial charge >= 0.3 is 0 Å². The number of phenolic OH excluding ortho intramolecular Hbond substituents is 4. The van der Waals surface area contributed by atoms with E-state index in [1.54, 1.807) is 141 Å². The van der Waals surface area contributed by atoms with Crippen molar-refractivity contribution in [1.82, 2.24) is 15.8 Å². The maximum Gasteiger partial charge on any atom is 0.251 e. The SMILES string of the molecule is CC(=O)NO.COc1ccc(C(=O)NCc2ccccc2)cc1.N#Cc1ccc(-c2ccc(O)cc2)cc1.Oc1ccc(-c2ccc(O)cc2)cc1.Oc1ccc(Oc2ccccc2)cc1.[C-]#[N+]c1ccc(C(=O)c2ccccc2)cc1.c1ccc(-c2ccncc2)cc1. The fourth-order valence-corrected chi connectivity index (χ4v) is 8.08. The van der Waals surface area contributed by atoms with Crippen LogP contribution in [0.5, 0.6) is 40.2 Å². The monoisotopic (exact) mass is 1250 g/mol. The molecule has 0 aliphatic rings. The van der Waals surface area contributed by atoms with Gasteiger partial charge in [-0.25, -0.2) is 10.3 Å². The summed E-state index contributed by atoms with van der Waals surface area (Å²) in [5.41, 5.74) is 12.1. The van der Waals surface area contributed by atoms with E-state index in [-0.39, 0.29) is 34.7 Å². The molecule has 0 radical (unpaired) electrons. The van der Waals surface area contributed by atoms with E-state index >= 15 is 0 Å². The predicted octanol–water partition coefficient (Wildman–Crippen LogP) is 17.2. The summed E-state index contributed by atoms with van der Waals surface area (Å²) in [5, 5.41) is 55.5. The first kappa shape index (κ1) is 70.0. The van der Waals surface area contributed by atoms with Crippen molar-refractivity contribution < 1.29 is 49.5 Å². The lowest BCUT2D eigenvalue weighted by atomic mass is 10.0. The molecular weight excluding hydrogens is 1180 g/mol. The lowest BCUT2D eigenvalue weighted by Crippen LogP contribution is -2.22. The van der Waals surface area contributed by atoms with E-state index in [1.165, 1.54) is 23.5 Å². The molecule has 12 rings (SSSR count). The Balaban J connectivity index is 0.000000177. The molecule has 0 saturated carbocycles. The minimum Gasteiger partial charge on any atom is -0.508 e. The lowest BCUT2D eigenvalue weighted by molar-refractivity contribution is -0.126. The summed E-state index contributed by atoms with van der Waals surface area (Å²) in [6.07, 6.45) is 3.62. The molecule has 0 bridgehead atoms. The zero-order valence-corrected chi connectivity index (χ0v) is 51.3. The summed E-state index contributed by atoms with van der Waals surface area (Å²) in [6, 6.07) is 93.4. The van der Waals surface area contributed by atoms with Crippen molar-refractivity contribution in [3.05, 3.63) is 355 Å². The molecule has 1 aromatic heterocycles.